The standard InChI is InChI=1S/C30H29N5O5/c1-30(2)13-20(36)26-23(14-30)40-29-27(25(26)19-8-6-5-7-9-19)28-33-24(34-35(28)17-31-29)16-39-32-15-18-10-11-21(37-3)22(12-18)38-4/h5-12,15,17,25H,13-14,16H2,1-4H3/b32-15-/t25-/m0/s1. The molecular weight excluding hydrogens is 510 g/mol. The SMILES string of the molecule is COc1ccc(/C=N\OCc2nc3c4c(ncn3n2)OC2=C(C(=O)CC(C)(C)C2)[C@@H]4c2ccccc2)cc1OC. The van der Waals surface area contributed by atoms with E-state index in [1.807, 2.05) is 36.4 Å². The fourth-order valence-corrected chi connectivity index (χ4v) is 5.36. The van der Waals surface area contributed by atoms with E-state index < -0.39 is 0 Å². The number of oxime groups is 1. The highest BCUT2D eigenvalue weighted by Gasteiger charge is 2.43. The number of methoxy groups -OCH3 is 2. The molecule has 0 N–H and O–H groups in total. The molecule has 2 aromatic heterocycles. The Labute approximate surface area is 231 Å². The second-order valence-electron chi connectivity index (χ2n) is 10.6. The summed E-state index contributed by atoms with van der Waals surface area (Å²) in [5.41, 5.74) is 3.52. The van der Waals surface area contributed by atoms with E-state index in [9.17, 15) is 4.79 Å². The third kappa shape index (κ3) is 4.66. The highest BCUT2D eigenvalue weighted by molar-refractivity contribution is 6.00. The van der Waals surface area contributed by atoms with Crippen LogP contribution in [0.25, 0.3) is 5.65 Å². The first-order chi connectivity index (χ1) is 19.4. The van der Waals surface area contributed by atoms with E-state index in [-0.39, 0.29) is 23.7 Å². The van der Waals surface area contributed by atoms with Gasteiger partial charge in [0, 0.05) is 29.9 Å². The fraction of sp³-hybridized carbons (Fsp3) is 0.300. The predicted octanol–water partition coefficient (Wildman–Crippen LogP) is 4.86. The largest absolute Gasteiger partial charge is 0.493 e. The number of aromatic nitrogens is 4. The molecule has 0 unspecified atom stereocenters. The van der Waals surface area contributed by atoms with Crippen molar-refractivity contribution in [1.82, 2.24) is 19.6 Å². The van der Waals surface area contributed by atoms with Gasteiger partial charge in [0.25, 0.3) is 0 Å². The number of benzene rings is 2. The quantitative estimate of drug-likeness (QED) is 0.242. The van der Waals surface area contributed by atoms with Gasteiger partial charge in [-0.15, -0.1) is 5.10 Å². The van der Waals surface area contributed by atoms with Crippen molar-refractivity contribution in [3.63, 3.8) is 0 Å². The van der Waals surface area contributed by atoms with Crippen molar-refractivity contribution in [1.29, 1.82) is 0 Å². The summed E-state index contributed by atoms with van der Waals surface area (Å²) in [6.07, 6.45) is 4.26. The van der Waals surface area contributed by atoms with E-state index in [1.165, 1.54) is 0 Å². The molecule has 2 aliphatic rings. The van der Waals surface area contributed by atoms with Crippen LogP contribution in [0.15, 0.2) is 71.3 Å². The lowest BCUT2D eigenvalue weighted by molar-refractivity contribution is -0.118. The van der Waals surface area contributed by atoms with Crippen LogP contribution < -0.4 is 14.2 Å². The van der Waals surface area contributed by atoms with Gasteiger partial charge >= 0.3 is 0 Å². The van der Waals surface area contributed by atoms with E-state index in [0.717, 1.165) is 11.1 Å². The first kappa shape index (κ1) is 25.5. The maximum absolute atomic E-state index is 13.5. The molecule has 0 radical (unpaired) electrons. The number of ketones is 1. The Morgan fingerprint density at radius 1 is 1.10 bits per heavy atom. The topological polar surface area (TPSA) is 109 Å². The number of Topliss-reactive ketones (excluding diaryl/α,β-unsaturated/α-hetero) is 1. The number of hydrogen-bond donors (Lipinski definition) is 0. The predicted molar refractivity (Wildman–Crippen MR) is 147 cm³/mol. The average Bonchev–Trinajstić information content (AvgIpc) is 3.37. The molecule has 1 aliphatic carbocycles. The van der Waals surface area contributed by atoms with E-state index >= 15 is 0 Å². The summed E-state index contributed by atoms with van der Waals surface area (Å²) in [5.74, 6) is 2.50. The van der Waals surface area contributed by atoms with E-state index in [2.05, 4.69) is 29.1 Å². The Bertz CT molecular complexity index is 1660. The summed E-state index contributed by atoms with van der Waals surface area (Å²) < 4.78 is 18.5. The minimum Gasteiger partial charge on any atom is -0.493 e. The third-order valence-corrected chi connectivity index (χ3v) is 7.12. The summed E-state index contributed by atoms with van der Waals surface area (Å²) in [6.45, 7) is 4.21. The van der Waals surface area contributed by atoms with Gasteiger partial charge in [0.15, 0.2) is 35.4 Å². The third-order valence-electron chi connectivity index (χ3n) is 7.12. The lowest BCUT2D eigenvalue weighted by Gasteiger charge is -2.37. The zero-order valence-electron chi connectivity index (χ0n) is 22.7. The van der Waals surface area contributed by atoms with Crippen molar-refractivity contribution in [2.75, 3.05) is 14.2 Å². The van der Waals surface area contributed by atoms with Gasteiger partial charge in [-0.2, -0.15) is 0 Å². The number of rotatable bonds is 7. The lowest BCUT2D eigenvalue weighted by Crippen LogP contribution is -2.33. The van der Waals surface area contributed by atoms with Crippen molar-refractivity contribution >= 4 is 17.6 Å². The summed E-state index contributed by atoms with van der Waals surface area (Å²) >= 11 is 0. The monoisotopic (exact) mass is 539 g/mol. The number of carbonyl (C=O) groups excluding carboxylic acids is 1. The van der Waals surface area contributed by atoms with Gasteiger partial charge in [-0.1, -0.05) is 49.3 Å². The number of ether oxygens (including phenoxy) is 3. The Kier molecular flexibility index (Phi) is 6.45. The molecule has 10 heteroatoms. The summed E-state index contributed by atoms with van der Waals surface area (Å²) in [5, 5.41) is 8.60. The van der Waals surface area contributed by atoms with Crippen molar-refractivity contribution in [3.05, 3.63) is 88.7 Å². The smallest absolute Gasteiger partial charge is 0.228 e. The number of carbonyl (C=O) groups is 1. The Morgan fingerprint density at radius 3 is 2.67 bits per heavy atom. The first-order valence-electron chi connectivity index (χ1n) is 13.0. The normalized spacial score (nSPS) is 17.9. The van der Waals surface area contributed by atoms with Crippen LogP contribution in [0, 0.1) is 5.41 Å². The van der Waals surface area contributed by atoms with Gasteiger partial charge in [0.1, 0.15) is 12.1 Å². The molecule has 0 amide bonds. The maximum Gasteiger partial charge on any atom is 0.228 e. The number of hydrogen-bond acceptors (Lipinski definition) is 9. The van der Waals surface area contributed by atoms with Crippen LogP contribution in [0.5, 0.6) is 17.4 Å². The highest BCUT2D eigenvalue weighted by Crippen LogP contribution is 2.50. The molecule has 0 saturated carbocycles. The molecule has 4 aromatic rings. The van der Waals surface area contributed by atoms with Crippen LogP contribution in [0.2, 0.25) is 0 Å². The minimum absolute atomic E-state index is 0.0399. The van der Waals surface area contributed by atoms with Gasteiger partial charge in [-0.05, 0) is 29.2 Å². The van der Waals surface area contributed by atoms with E-state index in [1.54, 1.807) is 43.4 Å². The summed E-state index contributed by atoms with van der Waals surface area (Å²) in [7, 11) is 3.16. The zero-order valence-corrected chi connectivity index (χ0v) is 22.7. The van der Waals surface area contributed by atoms with Crippen molar-refractivity contribution < 1.29 is 23.8 Å². The lowest BCUT2D eigenvalue weighted by atomic mass is 9.70. The maximum atomic E-state index is 13.5. The Balaban J connectivity index is 1.32. The van der Waals surface area contributed by atoms with Crippen molar-refractivity contribution in [3.8, 4) is 17.4 Å². The van der Waals surface area contributed by atoms with Crippen LogP contribution in [-0.4, -0.2) is 45.8 Å². The molecule has 3 heterocycles. The molecule has 1 atom stereocenters. The summed E-state index contributed by atoms with van der Waals surface area (Å²) in [4.78, 5) is 28.3. The first-order valence-corrected chi connectivity index (χ1v) is 13.0. The van der Waals surface area contributed by atoms with E-state index in [0.29, 0.717) is 58.6 Å². The van der Waals surface area contributed by atoms with Crippen LogP contribution in [0.4, 0.5) is 0 Å². The molecule has 1 aliphatic heterocycles. The number of nitrogens with zero attached hydrogens (tertiary/aromatic N) is 5. The average molecular weight is 540 g/mol. The Morgan fingerprint density at radius 2 is 1.90 bits per heavy atom. The van der Waals surface area contributed by atoms with Crippen LogP contribution in [0.1, 0.15) is 55.1 Å². The molecule has 2 aromatic carbocycles. The summed E-state index contributed by atoms with van der Waals surface area (Å²) in [6, 6.07) is 15.4. The second-order valence-corrected chi connectivity index (χ2v) is 10.6. The van der Waals surface area contributed by atoms with Gasteiger partial charge in [-0.25, -0.2) is 14.5 Å². The van der Waals surface area contributed by atoms with Crippen molar-refractivity contribution in [2.45, 2.75) is 39.2 Å². The number of fused-ring (bicyclic) bond motifs is 3. The van der Waals surface area contributed by atoms with Crippen LogP contribution in [-0.2, 0) is 16.2 Å². The van der Waals surface area contributed by atoms with Gasteiger partial charge in [0.05, 0.1) is 26.0 Å². The van der Waals surface area contributed by atoms with Crippen LogP contribution in [0.3, 0.4) is 0 Å². The molecule has 0 spiro atoms. The van der Waals surface area contributed by atoms with Crippen LogP contribution >= 0.6 is 0 Å². The van der Waals surface area contributed by atoms with Gasteiger partial charge in [-0.3, -0.25) is 4.79 Å². The molecule has 204 valence electrons. The van der Waals surface area contributed by atoms with E-state index in [4.69, 9.17) is 24.0 Å². The molecule has 0 bridgehead atoms. The highest BCUT2D eigenvalue weighted by atomic mass is 16.6. The molecule has 40 heavy (non-hydrogen) atoms. The minimum atomic E-state index is -0.360. The molecule has 6 rings (SSSR count). The number of allylic oxidation sites excluding steroid dienone is 2. The Hall–Kier alpha value is -4.73. The second kappa shape index (κ2) is 10.1. The van der Waals surface area contributed by atoms with Crippen molar-refractivity contribution in [2.24, 2.45) is 10.6 Å². The fourth-order valence-electron chi connectivity index (χ4n) is 5.36. The molecule has 0 fully saturated rings. The zero-order chi connectivity index (χ0) is 27.9. The molecule has 0 saturated heterocycles. The van der Waals surface area contributed by atoms with Gasteiger partial charge < -0.3 is 19.0 Å². The van der Waals surface area contributed by atoms with Gasteiger partial charge in [0.2, 0.25) is 5.88 Å². The molecule has 10 nitrogen and oxygen atoms in total. The molecular formula is C30H29N5O5.